The summed E-state index contributed by atoms with van der Waals surface area (Å²) in [5.74, 6) is 0.0356. The second kappa shape index (κ2) is 7.58. The van der Waals surface area contributed by atoms with Crippen LogP contribution in [0.25, 0.3) is 0 Å². The van der Waals surface area contributed by atoms with Gasteiger partial charge in [0.15, 0.2) is 0 Å². The summed E-state index contributed by atoms with van der Waals surface area (Å²) in [6, 6.07) is 3.14. The minimum absolute atomic E-state index is 0.0356. The molecule has 0 bridgehead atoms. The van der Waals surface area contributed by atoms with Gasteiger partial charge in [0.2, 0.25) is 15.9 Å². The highest BCUT2D eigenvalue weighted by Crippen LogP contribution is 2.28. The average Bonchev–Trinajstić information content (AvgIpc) is 2.64. The molecule has 2 N–H and O–H groups in total. The zero-order valence-corrected chi connectivity index (χ0v) is 15.1. The van der Waals surface area contributed by atoms with Crippen molar-refractivity contribution in [1.82, 2.24) is 14.2 Å². The average molecular weight is 354 g/mol. The Morgan fingerprint density at radius 3 is 2.33 bits per heavy atom. The monoisotopic (exact) mass is 354 g/mol. The highest BCUT2D eigenvalue weighted by Gasteiger charge is 2.39. The number of piperazine rings is 1. The molecule has 0 atom stereocenters. The summed E-state index contributed by atoms with van der Waals surface area (Å²) in [7, 11) is -3.56. The second-order valence-corrected chi connectivity index (χ2v) is 8.01. The van der Waals surface area contributed by atoms with Crippen LogP contribution in [0, 0.1) is 5.41 Å². The Labute approximate surface area is 143 Å². The zero-order valence-electron chi connectivity index (χ0n) is 14.3. The number of hydrogen-bond donors (Lipinski definition) is 1. The number of rotatable bonds is 6. The smallest absolute Gasteiger partial charge is 0.244 e. The lowest BCUT2D eigenvalue weighted by Crippen LogP contribution is -2.55. The van der Waals surface area contributed by atoms with Gasteiger partial charge in [-0.1, -0.05) is 13.8 Å². The van der Waals surface area contributed by atoms with Crippen molar-refractivity contribution in [3.63, 3.8) is 0 Å². The van der Waals surface area contributed by atoms with Crippen LogP contribution in [0.3, 0.4) is 0 Å². The van der Waals surface area contributed by atoms with Crippen LogP contribution in [0.4, 0.5) is 0 Å². The molecule has 134 valence electrons. The van der Waals surface area contributed by atoms with Gasteiger partial charge < -0.3 is 10.6 Å². The van der Waals surface area contributed by atoms with Gasteiger partial charge in [0.05, 0.1) is 5.41 Å². The van der Waals surface area contributed by atoms with Crippen LogP contribution in [-0.2, 0) is 14.8 Å². The van der Waals surface area contributed by atoms with Crippen molar-refractivity contribution < 1.29 is 13.2 Å². The van der Waals surface area contributed by atoms with E-state index in [9.17, 15) is 13.2 Å². The fourth-order valence-electron chi connectivity index (χ4n) is 3.04. The Kier molecular flexibility index (Phi) is 5.95. The van der Waals surface area contributed by atoms with Gasteiger partial charge in [-0.15, -0.1) is 0 Å². The van der Waals surface area contributed by atoms with Crippen LogP contribution in [0.1, 0.15) is 26.7 Å². The number of aromatic nitrogens is 1. The molecule has 0 radical (unpaired) electrons. The molecule has 0 spiro atoms. The summed E-state index contributed by atoms with van der Waals surface area (Å²) in [6.07, 6.45) is 4.26. The lowest BCUT2D eigenvalue weighted by Gasteiger charge is -2.39. The Balaban J connectivity index is 2.07. The molecular formula is C16H26N4O3S. The van der Waals surface area contributed by atoms with Gasteiger partial charge in [0.1, 0.15) is 4.90 Å². The number of nitrogens with two attached hydrogens (primary N) is 1. The number of hydrogen-bond acceptors (Lipinski definition) is 5. The Morgan fingerprint density at radius 1 is 1.25 bits per heavy atom. The number of sulfonamides is 1. The Hall–Kier alpha value is -1.51. The zero-order chi connectivity index (χ0) is 17.8. The molecule has 0 unspecified atom stereocenters. The van der Waals surface area contributed by atoms with E-state index in [0.29, 0.717) is 32.5 Å². The predicted octanol–water partition coefficient (Wildman–Crippen LogP) is 0.680. The van der Waals surface area contributed by atoms with Gasteiger partial charge in [-0.05, 0) is 25.0 Å². The molecule has 1 aromatic heterocycles. The molecule has 1 aliphatic heterocycles. The predicted molar refractivity (Wildman–Crippen MR) is 91.6 cm³/mol. The van der Waals surface area contributed by atoms with Crippen molar-refractivity contribution in [3.05, 3.63) is 24.5 Å². The number of pyridine rings is 1. The summed E-state index contributed by atoms with van der Waals surface area (Å²) in [6.45, 7) is 5.61. The van der Waals surface area contributed by atoms with E-state index >= 15 is 0 Å². The lowest BCUT2D eigenvalue weighted by atomic mass is 9.81. The van der Waals surface area contributed by atoms with Crippen LogP contribution in [0.15, 0.2) is 29.4 Å². The number of amides is 1. The van der Waals surface area contributed by atoms with Crippen LogP contribution in [0.5, 0.6) is 0 Å². The van der Waals surface area contributed by atoms with Crippen LogP contribution in [0.2, 0.25) is 0 Å². The molecule has 8 heteroatoms. The molecule has 1 aliphatic rings. The fourth-order valence-corrected chi connectivity index (χ4v) is 4.43. The number of carbonyl (C=O) groups excluding carboxylic acids is 1. The van der Waals surface area contributed by atoms with Crippen molar-refractivity contribution in [2.45, 2.75) is 31.6 Å². The third kappa shape index (κ3) is 3.45. The van der Waals surface area contributed by atoms with Crippen molar-refractivity contribution in [2.75, 3.05) is 32.7 Å². The van der Waals surface area contributed by atoms with E-state index < -0.39 is 15.4 Å². The largest absolute Gasteiger partial charge is 0.340 e. The first-order valence-corrected chi connectivity index (χ1v) is 9.75. The second-order valence-electron chi connectivity index (χ2n) is 6.08. The quantitative estimate of drug-likeness (QED) is 0.810. The Morgan fingerprint density at radius 2 is 1.88 bits per heavy atom. The molecule has 0 aliphatic carbocycles. The van der Waals surface area contributed by atoms with E-state index in [0.717, 1.165) is 0 Å². The van der Waals surface area contributed by atoms with Gasteiger partial charge in [-0.25, -0.2) is 8.42 Å². The van der Waals surface area contributed by atoms with Crippen LogP contribution in [-0.4, -0.2) is 61.2 Å². The molecule has 7 nitrogen and oxygen atoms in total. The number of carbonyl (C=O) groups is 1. The van der Waals surface area contributed by atoms with E-state index in [2.05, 4.69) is 4.98 Å². The van der Waals surface area contributed by atoms with E-state index in [-0.39, 0.29) is 23.9 Å². The normalized spacial score (nSPS) is 17.0. The maximum atomic E-state index is 12.8. The molecule has 2 rings (SSSR count). The SMILES string of the molecule is CCC(CC)(CN)C(=O)N1CCN(S(=O)(=O)c2cccnc2)CC1. The maximum absolute atomic E-state index is 12.8. The highest BCUT2D eigenvalue weighted by molar-refractivity contribution is 7.89. The lowest BCUT2D eigenvalue weighted by molar-refractivity contribution is -0.143. The summed E-state index contributed by atoms with van der Waals surface area (Å²) >= 11 is 0. The minimum atomic E-state index is -3.56. The molecule has 1 aromatic rings. The first kappa shape index (κ1) is 18.8. The molecule has 1 amide bonds. The van der Waals surface area contributed by atoms with Crippen molar-refractivity contribution in [3.8, 4) is 0 Å². The van der Waals surface area contributed by atoms with Crippen LogP contribution >= 0.6 is 0 Å². The molecule has 2 heterocycles. The fraction of sp³-hybridized carbons (Fsp3) is 0.625. The van der Waals surface area contributed by atoms with Crippen molar-refractivity contribution in [2.24, 2.45) is 11.1 Å². The van der Waals surface area contributed by atoms with Gasteiger partial charge in [-0.2, -0.15) is 4.31 Å². The van der Waals surface area contributed by atoms with Gasteiger partial charge in [-0.3, -0.25) is 9.78 Å². The van der Waals surface area contributed by atoms with Crippen molar-refractivity contribution >= 4 is 15.9 Å². The molecule has 0 saturated carbocycles. The maximum Gasteiger partial charge on any atom is 0.244 e. The minimum Gasteiger partial charge on any atom is -0.340 e. The number of nitrogens with zero attached hydrogens (tertiary/aromatic N) is 3. The third-order valence-corrected chi connectivity index (χ3v) is 6.88. The summed E-state index contributed by atoms with van der Waals surface area (Å²) in [4.78, 5) is 18.6. The standard InChI is InChI=1S/C16H26N4O3S/c1-3-16(4-2,13-17)15(21)19-8-10-20(11-9-19)24(22,23)14-6-5-7-18-12-14/h5-7,12H,3-4,8-11,13,17H2,1-2H3. The molecule has 0 aromatic carbocycles. The van der Waals surface area contributed by atoms with Gasteiger partial charge in [0.25, 0.3) is 0 Å². The first-order chi connectivity index (χ1) is 11.4. The van der Waals surface area contributed by atoms with E-state index in [1.807, 2.05) is 13.8 Å². The van der Waals surface area contributed by atoms with Crippen LogP contribution < -0.4 is 5.73 Å². The molecule has 1 saturated heterocycles. The van der Waals surface area contributed by atoms with Gasteiger partial charge in [0, 0.05) is 45.1 Å². The van der Waals surface area contributed by atoms with E-state index in [1.165, 1.54) is 22.8 Å². The summed E-state index contributed by atoms with van der Waals surface area (Å²) in [5, 5.41) is 0. The van der Waals surface area contributed by atoms with E-state index in [1.54, 1.807) is 11.0 Å². The first-order valence-electron chi connectivity index (χ1n) is 8.31. The Bertz CT molecular complexity index is 643. The van der Waals surface area contributed by atoms with E-state index in [4.69, 9.17) is 5.73 Å². The summed E-state index contributed by atoms with van der Waals surface area (Å²) in [5.41, 5.74) is 5.31. The van der Waals surface area contributed by atoms with Crippen molar-refractivity contribution in [1.29, 1.82) is 0 Å². The highest BCUT2D eigenvalue weighted by atomic mass is 32.2. The topological polar surface area (TPSA) is 96.6 Å². The van der Waals surface area contributed by atoms with Gasteiger partial charge >= 0.3 is 0 Å². The molecule has 24 heavy (non-hydrogen) atoms. The molecule has 1 fully saturated rings. The summed E-state index contributed by atoms with van der Waals surface area (Å²) < 4.78 is 26.6. The third-order valence-electron chi connectivity index (χ3n) is 5.00. The molecular weight excluding hydrogens is 328 g/mol.